The number of rotatable bonds is 7. The van der Waals surface area contributed by atoms with Crippen molar-refractivity contribution in [2.75, 3.05) is 13.7 Å². The lowest BCUT2D eigenvalue weighted by atomic mass is 10.2. The number of ether oxygens (including phenoxy) is 2. The van der Waals surface area contributed by atoms with Crippen LogP contribution in [0.2, 0.25) is 0 Å². The average Bonchev–Trinajstić information content (AvgIpc) is 3.19. The van der Waals surface area contributed by atoms with Gasteiger partial charge in [-0.15, -0.1) is 5.10 Å². The summed E-state index contributed by atoms with van der Waals surface area (Å²) in [7, 11) is 1.62. The third-order valence-electron chi connectivity index (χ3n) is 3.80. The SMILES string of the molecule is CCCOc1cc(/C=N\n2c(-n3nc(C)cc3C)n[nH]c2=S)ccc1OC. The minimum atomic E-state index is 0.379. The minimum Gasteiger partial charge on any atom is -0.493 e. The van der Waals surface area contributed by atoms with E-state index in [0.29, 0.717) is 28.8 Å². The molecule has 9 heteroatoms. The maximum Gasteiger partial charge on any atom is 0.271 e. The van der Waals surface area contributed by atoms with Gasteiger partial charge in [-0.25, -0.2) is 9.78 Å². The first-order chi connectivity index (χ1) is 13.0. The van der Waals surface area contributed by atoms with E-state index < -0.39 is 0 Å². The van der Waals surface area contributed by atoms with Crippen molar-refractivity contribution in [1.29, 1.82) is 0 Å². The summed E-state index contributed by atoms with van der Waals surface area (Å²) in [5.74, 6) is 1.86. The Hall–Kier alpha value is -2.94. The van der Waals surface area contributed by atoms with Crippen molar-refractivity contribution in [3.8, 4) is 17.4 Å². The van der Waals surface area contributed by atoms with Crippen molar-refractivity contribution in [2.24, 2.45) is 5.10 Å². The van der Waals surface area contributed by atoms with Crippen molar-refractivity contribution in [3.05, 3.63) is 46.0 Å². The summed E-state index contributed by atoms with van der Waals surface area (Å²) in [6.45, 7) is 6.55. The van der Waals surface area contributed by atoms with E-state index in [1.165, 1.54) is 4.68 Å². The molecule has 3 rings (SSSR count). The standard InChI is InChI=1S/C18H22N6O2S/c1-5-8-26-16-10-14(6-7-15(16)25-4)11-19-24-17(20-21-18(24)27)23-13(3)9-12(2)22-23/h6-7,9-11H,5,8H2,1-4H3,(H,21,27)/b19-11-. The lowest BCUT2D eigenvalue weighted by Gasteiger charge is -2.10. The van der Waals surface area contributed by atoms with Gasteiger partial charge in [-0.2, -0.15) is 14.9 Å². The van der Waals surface area contributed by atoms with E-state index in [-0.39, 0.29) is 0 Å². The number of aryl methyl sites for hydroxylation is 2. The molecule has 0 unspecified atom stereocenters. The smallest absolute Gasteiger partial charge is 0.271 e. The van der Waals surface area contributed by atoms with E-state index in [9.17, 15) is 0 Å². The lowest BCUT2D eigenvalue weighted by molar-refractivity contribution is 0.294. The molecule has 142 valence electrons. The molecule has 0 radical (unpaired) electrons. The van der Waals surface area contributed by atoms with Crippen molar-refractivity contribution in [3.63, 3.8) is 0 Å². The second kappa shape index (κ2) is 8.17. The Bertz CT molecular complexity index is 1020. The Morgan fingerprint density at radius 3 is 2.74 bits per heavy atom. The van der Waals surface area contributed by atoms with E-state index in [4.69, 9.17) is 21.7 Å². The molecule has 1 N–H and O–H groups in total. The molecule has 8 nitrogen and oxygen atoms in total. The van der Waals surface area contributed by atoms with Crippen LogP contribution in [0.4, 0.5) is 0 Å². The normalized spacial score (nSPS) is 11.3. The second-order valence-electron chi connectivity index (χ2n) is 5.98. The number of nitrogens with zero attached hydrogens (tertiary/aromatic N) is 5. The molecule has 0 saturated carbocycles. The summed E-state index contributed by atoms with van der Waals surface area (Å²) >= 11 is 5.31. The molecular weight excluding hydrogens is 364 g/mol. The zero-order valence-electron chi connectivity index (χ0n) is 15.8. The van der Waals surface area contributed by atoms with Gasteiger partial charge in [-0.3, -0.25) is 0 Å². The van der Waals surface area contributed by atoms with E-state index in [2.05, 4.69) is 27.3 Å². The predicted octanol–water partition coefficient (Wildman–Crippen LogP) is 3.42. The van der Waals surface area contributed by atoms with Gasteiger partial charge in [-0.05, 0) is 62.3 Å². The Morgan fingerprint density at radius 2 is 2.07 bits per heavy atom. The first-order valence-electron chi connectivity index (χ1n) is 8.59. The molecule has 0 bridgehead atoms. The molecular formula is C18H22N6O2S. The highest BCUT2D eigenvalue weighted by atomic mass is 32.1. The molecule has 0 aliphatic carbocycles. The molecule has 2 heterocycles. The molecule has 0 atom stereocenters. The molecule has 3 aromatic rings. The summed E-state index contributed by atoms with van der Waals surface area (Å²) in [5, 5.41) is 15.9. The summed E-state index contributed by atoms with van der Waals surface area (Å²) < 4.78 is 14.7. The number of benzene rings is 1. The highest BCUT2D eigenvalue weighted by Gasteiger charge is 2.12. The summed E-state index contributed by atoms with van der Waals surface area (Å²) in [4.78, 5) is 0. The van der Waals surface area contributed by atoms with Crippen LogP contribution in [0.15, 0.2) is 29.4 Å². The van der Waals surface area contributed by atoms with Crippen LogP contribution in [0.1, 0.15) is 30.3 Å². The molecule has 0 saturated heterocycles. The maximum atomic E-state index is 5.74. The van der Waals surface area contributed by atoms with Crippen LogP contribution in [0.25, 0.3) is 5.95 Å². The van der Waals surface area contributed by atoms with E-state index in [1.54, 1.807) is 18.0 Å². The fourth-order valence-electron chi connectivity index (χ4n) is 2.58. The fraction of sp³-hybridized carbons (Fsp3) is 0.333. The molecule has 0 aliphatic heterocycles. The van der Waals surface area contributed by atoms with Crippen LogP contribution in [-0.2, 0) is 0 Å². The summed E-state index contributed by atoms with van der Waals surface area (Å²) in [5.41, 5.74) is 2.69. The minimum absolute atomic E-state index is 0.379. The number of hydrogen-bond acceptors (Lipinski definition) is 6. The zero-order chi connectivity index (χ0) is 19.4. The van der Waals surface area contributed by atoms with Crippen LogP contribution < -0.4 is 9.47 Å². The van der Waals surface area contributed by atoms with Crippen molar-refractivity contribution in [1.82, 2.24) is 24.7 Å². The van der Waals surface area contributed by atoms with Gasteiger partial charge in [0.15, 0.2) is 11.5 Å². The monoisotopic (exact) mass is 386 g/mol. The molecule has 0 spiro atoms. The van der Waals surface area contributed by atoms with Crippen LogP contribution >= 0.6 is 12.2 Å². The van der Waals surface area contributed by atoms with Gasteiger partial charge >= 0.3 is 0 Å². The Morgan fingerprint density at radius 1 is 1.26 bits per heavy atom. The molecule has 27 heavy (non-hydrogen) atoms. The van der Waals surface area contributed by atoms with Crippen molar-refractivity contribution in [2.45, 2.75) is 27.2 Å². The Balaban J connectivity index is 1.94. The molecule has 0 amide bonds. The summed E-state index contributed by atoms with van der Waals surface area (Å²) in [6, 6.07) is 7.59. The summed E-state index contributed by atoms with van der Waals surface area (Å²) in [6.07, 6.45) is 2.61. The largest absolute Gasteiger partial charge is 0.493 e. The third kappa shape index (κ3) is 4.08. The van der Waals surface area contributed by atoms with Crippen LogP contribution in [0.5, 0.6) is 11.5 Å². The maximum absolute atomic E-state index is 5.74. The van der Waals surface area contributed by atoms with Crippen molar-refractivity contribution < 1.29 is 9.47 Å². The first-order valence-corrected chi connectivity index (χ1v) is 9.00. The topological polar surface area (TPSA) is 82.3 Å². The highest BCUT2D eigenvalue weighted by Crippen LogP contribution is 2.27. The predicted molar refractivity (Wildman–Crippen MR) is 106 cm³/mol. The van der Waals surface area contributed by atoms with Crippen molar-refractivity contribution >= 4 is 18.4 Å². The first kappa shape index (κ1) is 18.8. The average molecular weight is 386 g/mol. The van der Waals surface area contributed by atoms with Gasteiger partial charge in [0, 0.05) is 5.69 Å². The number of hydrogen-bond donors (Lipinski definition) is 1. The van der Waals surface area contributed by atoms with Gasteiger partial charge in [0.2, 0.25) is 4.77 Å². The second-order valence-corrected chi connectivity index (χ2v) is 6.37. The van der Waals surface area contributed by atoms with Crippen LogP contribution in [-0.4, -0.2) is 44.6 Å². The van der Waals surface area contributed by atoms with Gasteiger partial charge in [-0.1, -0.05) is 6.92 Å². The zero-order valence-corrected chi connectivity index (χ0v) is 16.6. The van der Waals surface area contributed by atoms with Crippen LogP contribution in [0, 0.1) is 18.6 Å². The fourth-order valence-corrected chi connectivity index (χ4v) is 2.75. The number of aromatic amines is 1. The van der Waals surface area contributed by atoms with E-state index >= 15 is 0 Å². The van der Waals surface area contributed by atoms with Gasteiger partial charge in [0.1, 0.15) is 0 Å². The molecule has 0 fully saturated rings. The van der Waals surface area contributed by atoms with E-state index in [1.807, 2.05) is 38.1 Å². The van der Waals surface area contributed by atoms with Gasteiger partial charge in [0.05, 0.1) is 25.6 Å². The van der Waals surface area contributed by atoms with E-state index in [0.717, 1.165) is 23.4 Å². The van der Waals surface area contributed by atoms with Crippen LogP contribution in [0.3, 0.4) is 0 Å². The Kier molecular flexibility index (Phi) is 5.70. The number of methoxy groups -OCH3 is 1. The number of H-pyrrole nitrogens is 1. The number of nitrogens with one attached hydrogen (secondary N) is 1. The third-order valence-corrected chi connectivity index (χ3v) is 4.07. The van der Waals surface area contributed by atoms with Gasteiger partial charge < -0.3 is 9.47 Å². The molecule has 1 aromatic carbocycles. The lowest BCUT2D eigenvalue weighted by Crippen LogP contribution is -2.07. The Labute approximate surface area is 162 Å². The highest BCUT2D eigenvalue weighted by molar-refractivity contribution is 7.71. The molecule has 2 aromatic heterocycles. The molecule has 0 aliphatic rings. The quantitative estimate of drug-likeness (QED) is 0.497. The van der Waals surface area contributed by atoms with Gasteiger partial charge in [0.25, 0.3) is 5.95 Å². The number of aromatic nitrogens is 5.